The summed E-state index contributed by atoms with van der Waals surface area (Å²) in [6.45, 7) is 6.64. The maximum atomic E-state index is 12.8. The highest BCUT2D eigenvalue weighted by Crippen LogP contribution is 2.16. The molecule has 0 aliphatic rings. The molecule has 0 aromatic rings. The summed E-state index contributed by atoms with van der Waals surface area (Å²) >= 11 is 0. The van der Waals surface area contributed by atoms with Crippen molar-refractivity contribution in [3.63, 3.8) is 0 Å². The van der Waals surface area contributed by atoms with Gasteiger partial charge in [-0.05, 0) is 51.4 Å². The first kappa shape index (κ1) is 59.9. The third-order valence-electron chi connectivity index (χ3n) is 12.2. The molecule has 0 aromatic heterocycles. The first-order valence-corrected chi connectivity index (χ1v) is 27.3. The van der Waals surface area contributed by atoms with Crippen molar-refractivity contribution in [2.24, 2.45) is 0 Å². The summed E-state index contributed by atoms with van der Waals surface area (Å²) in [7, 11) is 0. The van der Waals surface area contributed by atoms with Crippen molar-refractivity contribution in [3.8, 4) is 0 Å². The SMILES string of the molecule is CCCCC/C=C\C/C=C\CCCCCCCCCC(=O)OCC(COC(=O)CCCCCCCCCCCCCC)OC(=O)CCCCCCCCCCCCCCCCC. The van der Waals surface area contributed by atoms with Gasteiger partial charge in [-0.2, -0.15) is 0 Å². The Hall–Kier alpha value is -2.11. The van der Waals surface area contributed by atoms with Gasteiger partial charge in [0.2, 0.25) is 0 Å². The summed E-state index contributed by atoms with van der Waals surface area (Å²) in [5, 5.41) is 0. The van der Waals surface area contributed by atoms with Crippen LogP contribution in [0.5, 0.6) is 0 Å². The number of rotatable bonds is 50. The minimum Gasteiger partial charge on any atom is -0.462 e. The largest absolute Gasteiger partial charge is 0.462 e. The molecule has 0 bridgehead atoms. The number of hydrogen-bond donors (Lipinski definition) is 0. The van der Waals surface area contributed by atoms with Gasteiger partial charge < -0.3 is 14.2 Å². The van der Waals surface area contributed by atoms with Gasteiger partial charge in [-0.3, -0.25) is 14.4 Å². The van der Waals surface area contributed by atoms with E-state index in [1.54, 1.807) is 0 Å². The van der Waals surface area contributed by atoms with E-state index in [1.165, 1.54) is 186 Å². The fourth-order valence-electron chi connectivity index (χ4n) is 8.06. The smallest absolute Gasteiger partial charge is 0.306 e. The van der Waals surface area contributed by atoms with Gasteiger partial charge in [0.25, 0.3) is 0 Å². The monoisotopic (exact) mass is 873 g/mol. The van der Waals surface area contributed by atoms with Gasteiger partial charge in [-0.15, -0.1) is 0 Å². The molecule has 0 saturated heterocycles. The Bertz CT molecular complexity index is 1000. The molecule has 0 aliphatic heterocycles. The minimum absolute atomic E-state index is 0.0685. The van der Waals surface area contributed by atoms with Crippen LogP contribution < -0.4 is 0 Å². The van der Waals surface area contributed by atoms with Crippen molar-refractivity contribution in [2.75, 3.05) is 13.2 Å². The fraction of sp³-hybridized carbons (Fsp3) is 0.875. The molecule has 0 N–H and O–H groups in total. The van der Waals surface area contributed by atoms with E-state index in [1.807, 2.05) is 0 Å². The second-order valence-electron chi connectivity index (χ2n) is 18.5. The molecule has 0 aliphatic carbocycles. The van der Waals surface area contributed by atoms with Gasteiger partial charge in [0.1, 0.15) is 13.2 Å². The number of unbranched alkanes of at least 4 members (excludes halogenated alkanes) is 35. The Balaban J connectivity index is 4.33. The molecular formula is C56H104O6. The molecule has 0 amide bonds. The maximum Gasteiger partial charge on any atom is 0.306 e. The molecule has 62 heavy (non-hydrogen) atoms. The topological polar surface area (TPSA) is 78.9 Å². The van der Waals surface area contributed by atoms with Crippen molar-refractivity contribution in [1.82, 2.24) is 0 Å². The summed E-state index contributed by atoms with van der Waals surface area (Å²) < 4.78 is 16.8. The average molecular weight is 873 g/mol. The third kappa shape index (κ3) is 48.9. The Morgan fingerprint density at radius 2 is 0.581 bits per heavy atom. The zero-order chi connectivity index (χ0) is 45.1. The highest BCUT2D eigenvalue weighted by molar-refractivity contribution is 5.71. The fourth-order valence-corrected chi connectivity index (χ4v) is 8.06. The van der Waals surface area contributed by atoms with E-state index in [-0.39, 0.29) is 31.1 Å². The van der Waals surface area contributed by atoms with Gasteiger partial charge in [0.05, 0.1) is 0 Å². The van der Waals surface area contributed by atoms with Gasteiger partial charge >= 0.3 is 17.9 Å². The maximum absolute atomic E-state index is 12.8. The van der Waals surface area contributed by atoms with E-state index < -0.39 is 6.10 Å². The highest BCUT2D eigenvalue weighted by Gasteiger charge is 2.19. The third-order valence-corrected chi connectivity index (χ3v) is 12.2. The van der Waals surface area contributed by atoms with Crippen molar-refractivity contribution in [3.05, 3.63) is 24.3 Å². The molecule has 0 fully saturated rings. The van der Waals surface area contributed by atoms with Crippen LogP contribution in [0.1, 0.15) is 297 Å². The Kier molecular flexibility index (Phi) is 49.8. The summed E-state index contributed by atoms with van der Waals surface area (Å²) in [5.74, 6) is -0.859. The minimum atomic E-state index is -0.768. The number of ether oxygens (including phenoxy) is 3. The number of carbonyl (C=O) groups excluding carboxylic acids is 3. The number of carbonyl (C=O) groups is 3. The molecule has 6 heteroatoms. The summed E-state index contributed by atoms with van der Waals surface area (Å²) in [4.78, 5) is 38.0. The predicted octanol–water partition coefficient (Wildman–Crippen LogP) is 17.9. The molecule has 1 atom stereocenters. The summed E-state index contributed by atoms with van der Waals surface area (Å²) in [5.41, 5.74) is 0. The first-order chi connectivity index (χ1) is 30.5. The molecule has 0 heterocycles. The molecular weight excluding hydrogens is 769 g/mol. The van der Waals surface area contributed by atoms with Crippen LogP contribution in [0, 0.1) is 0 Å². The normalized spacial score (nSPS) is 12.1. The molecule has 364 valence electrons. The predicted molar refractivity (Wildman–Crippen MR) is 266 cm³/mol. The van der Waals surface area contributed by atoms with E-state index in [9.17, 15) is 14.4 Å². The average Bonchev–Trinajstić information content (AvgIpc) is 3.27. The van der Waals surface area contributed by atoms with Gasteiger partial charge in [-0.1, -0.05) is 251 Å². The second kappa shape index (κ2) is 51.5. The lowest BCUT2D eigenvalue weighted by molar-refractivity contribution is -0.167. The Labute approximate surface area is 385 Å². The first-order valence-electron chi connectivity index (χ1n) is 27.3. The van der Waals surface area contributed by atoms with Crippen LogP contribution in [0.25, 0.3) is 0 Å². The molecule has 6 nitrogen and oxygen atoms in total. The standard InChI is InChI=1S/C56H104O6/c1-4-7-10-13-16-19-22-25-27-28-30-31-34-37-40-43-46-49-55(58)61-52-53(51-60-54(57)48-45-42-39-36-33-24-21-18-15-12-9-6-3)62-56(59)50-47-44-41-38-35-32-29-26-23-20-17-14-11-8-5-2/h16,19,25,27,53H,4-15,17-18,20-24,26,28-52H2,1-3H3/b19-16-,27-25-. The molecule has 1 unspecified atom stereocenters. The van der Waals surface area contributed by atoms with Crippen LogP contribution in [-0.2, 0) is 28.6 Å². The highest BCUT2D eigenvalue weighted by atomic mass is 16.6. The lowest BCUT2D eigenvalue weighted by Gasteiger charge is -2.18. The van der Waals surface area contributed by atoms with Crippen molar-refractivity contribution in [2.45, 2.75) is 303 Å². The van der Waals surface area contributed by atoms with Crippen LogP contribution in [0.15, 0.2) is 24.3 Å². The van der Waals surface area contributed by atoms with Crippen LogP contribution >= 0.6 is 0 Å². The van der Waals surface area contributed by atoms with Crippen LogP contribution in [0.3, 0.4) is 0 Å². The number of allylic oxidation sites excluding steroid dienone is 4. The van der Waals surface area contributed by atoms with Crippen molar-refractivity contribution >= 4 is 17.9 Å². The van der Waals surface area contributed by atoms with E-state index >= 15 is 0 Å². The lowest BCUT2D eigenvalue weighted by atomic mass is 10.0. The van der Waals surface area contributed by atoms with E-state index in [0.29, 0.717) is 19.3 Å². The molecule has 0 rings (SSSR count). The molecule has 0 radical (unpaired) electrons. The van der Waals surface area contributed by atoms with Crippen LogP contribution in [-0.4, -0.2) is 37.2 Å². The zero-order valence-electron chi connectivity index (χ0n) is 41.7. The Morgan fingerprint density at radius 3 is 0.919 bits per heavy atom. The quantitative estimate of drug-likeness (QED) is 0.0262. The lowest BCUT2D eigenvalue weighted by Crippen LogP contribution is -2.30. The van der Waals surface area contributed by atoms with E-state index in [4.69, 9.17) is 14.2 Å². The van der Waals surface area contributed by atoms with Crippen molar-refractivity contribution in [1.29, 1.82) is 0 Å². The van der Waals surface area contributed by atoms with Crippen LogP contribution in [0.2, 0.25) is 0 Å². The van der Waals surface area contributed by atoms with Crippen LogP contribution in [0.4, 0.5) is 0 Å². The van der Waals surface area contributed by atoms with Gasteiger partial charge in [0, 0.05) is 19.3 Å². The molecule has 0 aromatic carbocycles. The number of hydrogen-bond acceptors (Lipinski definition) is 6. The summed E-state index contributed by atoms with van der Waals surface area (Å²) in [6.07, 6.45) is 58.7. The van der Waals surface area contributed by atoms with Gasteiger partial charge in [-0.25, -0.2) is 0 Å². The molecule has 0 saturated carbocycles. The number of esters is 3. The summed E-state index contributed by atoms with van der Waals surface area (Å²) in [6, 6.07) is 0. The molecule has 0 spiro atoms. The second-order valence-corrected chi connectivity index (χ2v) is 18.5. The van der Waals surface area contributed by atoms with Crippen molar-refractivity contribution < 1.29 is 28.6 Å². The van der Waals surface area contributed by atoms with Gasteiger partial charge in [0.15, 0.2) is 6.10 Å². The van der Waals surface area contributed by atoms with E-state index in [0.717, 1.165) is 70.6 Å². The van der Waals surface area contributed by atoms with E-state index in [2.05, 4.69) is 45.1 Å². The zero-order valence-corrected chi connectivity index (χ0v) is 41.7. The Morgan fingerprint density at radius 1 is 0.323 bits per heavy atom.